The number of benzene rings is 2. The second kappa shape index (κ2) is 8.04. The maximum atomic E-state index is 13.2. The van der Waals surface area contributed by atoms with Crippen molar-refractivity contribution in [2.24, 2.45) is 0 Å². The minimum atomic E-state index is -3.56. The van der Waals surface area contributed by atoms with Crippen molar-refractivity contribution in [1.29, 1.82) is 0 Å². The average molecular weight is 443 g/mol. The van der Waals surface area contributed by atoms with Gasteiger partial charge in [0.15, 0.2) is 0 Å². The van der Waals surface area contributed by atoms with E-state index in [-0.39, 0.29) is 5.82 Å². The van der Waals surface area contributed by atoms with Crippen molar-refractivity contribution in [3.63, 3.8) is 0 Å². The lowest BCUT2D eigenvalue weighted by Crippen LogP contribution is -2.40. The number of nitrogens with one attached hydrogen (secondary N) is 1. The summed E-state index contributed by atoms with van der Waals surface area (Å²) in [7, 11) is -3.56. The maximum absolute atomic E-state index is 13.2. The van der Waals surface area contributed by atoms with Crippen LogP contribution in [-0.2, 0) is 21.3 Å². The molecule has 26 heavy (non-hydrogen) atoms. The molecule has 0 aliphatic carbocycles. The molecule has 2 aromatic carbocycles. The molecule has 140 valence electrons. The van der Waals surface area contributed by atoms with Crippen molar-refractivity contribution in [3.05, 3.63) is 57.8 Å². The molecule has 5 nitrogen and oxygen atoms in total. The monoisotopic (exact) mass is 442 g/mol. The molecular weight excluding hydrogens is 423 g/mol. The second-order valence-electron chi connectivity index (χ2n) is 6.09. The van der Waals surface area contributed by atoms with E-state index in [0.29, 0.717) is 53.5 Å². The Hall–Kier alpha value is -1.48. The van der Waals surface area contributed by atoms with Gasteiger partial charge in [-0.25, -0.2) is 12.8 Å². The molecule has 0 saturated carbocycles. The Bertz CT molecular complexity index is 899. The van der Waals surface area contributed by atoms with Gasteiger partial charge in [-0.2, -0.15) is 4.31 Å². The standard InChI is InChI=1S/C18H20BrFN2O3S/c1-13-2-5-16(21-12-14-3-4-15(20)10-17(14)19)11-18(13)26(23,24)22-6-8-25-9-7-22/h2-5,10-11,21H,6-9,12H2,1H3. The number of hydrogen-bond donors (Lipinski definition) is 1. The van der Waals surface area contributed by atoms with Gasteiger partial charge >= 0.3 is 0 Å². The van der Waals surface area contributed by atoms with Crippen molar-refractivity contribution in [2.75, 3.05) is 31.6 Å². The smallest absolute Gasteiger partial charge is 0.243 e. The van der Waals surface area contributed by atoms with Crippen LogP contribution in [0.2, 0.25) is 0 Å². The molecule has 1 heterocycles. The largest absolute Gasteiger partial charge is 0.381 e. The molecule has 1 fully saturated rings. The summed E-state index contributed by atoms with van der Waals surface area (Å²) in [6, 6.07) is 9.76. The Morgan fingerprint density at radius 3 is 2.62 bits per heavy atom. The molecule has 1 N–H and O–H groups in total. The van der Waals surface area contributed by atoms with Crippen LogP contribution in [0.5, 0.6) is 0 Å². The van der Waals surface area contributed by atoms with E-state index in [9.17, 15) is 12.8 Å². The van der Waals surface area contributed by atoms with E-state index < -0.39 is 10.0 Å². The third kappa shape index (κ3) is 4.25. The number of halogens is 2. The lowest BCUT2D eigenvalue weighted by molar-refractivity contribution is 0.0730. The molecule has 1 saturated heterocycles. The van der Waals surface area contributed by atoms with E-state index in [1.807, 2.05) is 6.07 Å². The lowest BCUT2D eigenvalue weighted by Gasteiger charge is -2.27. The van der Waals surface area contributed by atoms with Gasteiger partial charge in [-0.05, 0) is 42.3 Å². The van der Waals surface area contributed by atoms with Gasteiger partial charge in [-0.15, -0.1) is 0 Å². The highest BCUT2D eigenvalue weighted by molar-refractivity contribution is 9.10. The van der Waals surface area contributed by atoms with Crippen LogP contribution >= 0.6 is 15.9 Å². The summed E-state index contributed by atoms with van der Waals surface area (Å²) in [6.07, 6.45) is 0. The Labute approximate surface area is 161 Å². The van der Waals surface area contributed by atoms with Gasteiger partial charge in [0.05, 0.1) is 18.1 Å². The first-order valence-corrected chi connectivity index (χ1v) is 10.5. The molecule has 1 aliphatic rings. The van der Waals surface area contributed by atoms with E-state index >= 15 is 0 Å². The fraction of sp³-hybridized carbons (Fsp3) is 0.333. The van der Waals surface area contributed by atoms with E-state index in [4.69, 9.17) is 4.74 Å². The Balaban J connectivity index is 1.81. The zero-order valence-corrected chi connectivity index (χ0v) is 16.7. The molecule has 8 heteroatoms. The van der Waals surface area contributed by atoms with Crippen LogP contribution in [0.25, 0.3) is 0 Å². The number of sulfonamides is 1. The van der Waals surface area contributed by atoms with Crippen molar-refractivity contribution in [3.8, 4) is 0 Å². The van der Waals surface area contributed by atoms with Crippen LogP contribution in [0.3, 0.4) is 0 Å². The first-order chi connectivity index (χ1) is 12.4. The quantitative estimate of drug-likeness (QED) is 0.769. The van der Waals surface area contributed by atoms with Crippen molar-refractivity contribution in [2.45, 2.75) is 18.4 Å². The number of aryl methyl sites for hydroxylation is 1. The molecule has 3 rings (SSSR count). The van der Waals surface area contributed by atoms with E-state index in [1.54, 1.807) is 25.1 Å². The summed E-state index contributed by atoms with van der Waals surface area (Å²) in [5.41, 5.74) is 2.27. The molecule has 0 bridgehead atoms. The summed E-state index contributed by atoms with van der Waals surface area (Å²) in [5, 5.41) is 3.20. The number of nitrogens with zero attached hydrogens (tertiary/aromatic N) is 1. The Kier molecular flexibility index (Phi) is 5.96. The zero-order chi connectivity index (χ0) is 18.7. The van der Waals surface area contributed by atoms with Gasteiger partial charge in [0.25, 0.3) is 0 Å². The zero-order valence-electron chi connectivity index (χ0n) is 14.3. The van der Waals surface area contributed by atoms with Crippen molar-refractivity contribution in [1.82, 2.24) is 4.31 Å². The van der Waals surface area contributed by atoms with Gasteiger partial charge < -0.3 is 10.1 Å². The molecule has 0 atom stereocenters. The second-order valence-corrected chi connectivity index (χ2v) is 8.85. The number of rotatable bonds is 5. The lowest BCUT2D eigenvalue weighted by atomic mass is 10.2. The van der Waals surface area contributed by atoms with Gasteiger partial charge in [0.2, 0.25) is 10.0 Å². The molecule has 1 aliphatic heterocycles. The van der Waals surface area contributed by atoms with Crippen LogP contribution in [0.1, 0.15) is 11.1 Å². The van der Waals surface area contributed by atoms with Crippen LogP contribution < -0.4 is 5.32 Å². The number of anilines is 1. The minimum Gasteiger partial charge on any atom is -0.381 e. The Morgan fingerprint density at radius 2 is 1.92 bits per heavy atom. The SMILES string of the molecule is Cc1ccc(NCc2ccc(F)cc2Br)cc1S(=O)(=O)N1CCOCC1. The number of morpholine rings is 1. The predicted molar refractivity (Wildman–Crippen MR) is 102 cm³/mol. The van der Waals surface area contributed by atoms with Crippen LogP contribution in [-0.4, -0.2) is 39.0 Å². The molecule has 2 aromatic rings. The first kappa shape index (κ1) is 19.3. The van der Waals surface area contributed by atoms with E-state index in [0.717, 1.165) is 5.56 Å². The first-order valence-electron chi connectivity index (χ1n) is 8.24. The molecule has 0 spiro atoms. The van der Waals surface area contributed by atoms with Gasteiger partial charge in [-0.1, -0.05) is 28.1 Å². The highest BCUT2D eigenvalue weighted by atomic mass is 79.9. The van der Waals surface area contributed by atoms with Crippen LogP contribution in [0.4, 0.5) is 10.1 Å². The predicted octanol–water partition coefficient (Wildman–Crippen LogP) is 3.53. The van der Waals surface area contributed by atoms with Gasteiger partial charge in [0.1, 0.15) is 5.82 Å². The minimum absolute atomic E-state index is 0.294. The maximum Gasteiger partial charge on any atom is 0.243 e. The molecule has 0 aromatic heterocycles. The van der Waals surface area contributed by atoms with Crippen molar-refractivity contribution >= 4 is 31.6 Å². The fourth-order valence-corrected chi connectivity index (χ4v) is 4.93. The molecule has 0 unspecified atom stereocenters. The summed E-state index contributed by atoms with van der Waals surface area (Å²) < 4.78 is 46.4. The molecular formula is C18H20BrFN2O3S. The van der Waals surface area contributed by atoms with Crippen molar-refractivity contribution < 1.29 is 17.5 Å². The highest BCUT2D eigenvalue weighted by Gasteiger charge is 2.27. The number of hydrogen-bond acceptors (Lipinski definition) is 4. The molecule has 0 radical (unpaired) electrons. The summed E-state index contributed by atoms with van der Waals surface area (Å²) in [6.45, 7) is 3.78. The third-order valence-electron chi connectivity index (χ3n) is 4.27. The summed E-state index contributed by atoms with van der Waals surface area (Å²) in [5.74, 6) is -0.310. The average Bonchev–Trinajstić information content (AvgIpc) is 2.63. The normalized spacial score (nSPS) is 15.8. The summed E-state index contributed by atoms with van der Waals surface area (Å²) >= 11 is 3.34. The third-order valence-corrected chi connectivity index (χ3v) is 7.05. The van der Waals surface area contributed by atoms with Crippen LogP contribution in [0, 0.1) is 12.7 Å². The van der Waals surface area contributed by atoms with E-state index in [1.165, 1.54) is 16.4 Å². The molecule has 0 amide bonds. The Morgan fingerprint density at radius 1 is 1.19 bits per heavy atom. The topological polar surface area (TPSA) is 58.6 Å². The summed E-state index contributed by atoms with van der Waals surface area (Å²) in [4.78, 5) is 0.294. The van der Waals surface area contributed by atoms with Gasteiger partial charge in [-0.3, -0.25) is 0 Å². The van der Waals surface area contributed by atoms with Gasteiger partial charge in [0, 0.05) is 29.8 Å². The number of ether oxygens (including phenoxy) is 1. The highest BCUT2D eigenvalue weighted by Crippen LogP contribution is 2.25. The van der Waals surface area contributed by atoms with Crippen LogP contribution in [0.15, 0.2) is 45.8 Å². The fourth-order valence-electron chi connectivity index (χ4n) is 2.78. The van der Waals surface area contributed by atoms with E-state index in [2.05, 4.69) is 21.2 Å².